The molecule has 9 nitrogen and oxygen atoms in total. The number of hydroxylamine groups is 3. The molecule has 216 valence electrons. The Hall–Kier alpha value is -1.75. The van der Waals surface area contributed by atoms with Crippen LogP contribution in [0.3, 0.4) is 0 Å². The number of aliphatic hydroxyl groups is 2. The van der Waals surface area contributed by atoms with Gasteiger partial charge in [0.05, 0.1) is 22.1 Å². The maximum Gasteiger partial charge on any atom is 0.304 e. The topological polar surface area (TPSA) is 119 Å². The van der Waals surface area contributed by atoms with E-state index in [-0.39, 0.29) is 22.5 Å². The van der Waals surface area contributed by atoms with Crippen molar-refractivity contribution in [3.8, 4) is 0 Å². The van der Waals surface area contributed by atoms with Gasteiger partial charge in [-0.15, -0.1) is 4.65 Å². The molecule has 9 atom stereocenters. The molecule has 10 heteroatoms. The number of carboxylic acid groups (broad SMARTS) is 1. The van der Waals surface area contributed by atoms with Gasteiger partial charge in [0.2, 0.25) is 12.0 Å². The number of likely N-dealkylation sites (N-methyl/N-ethyl adjacent to an activating group) is 2. The lowest BCUT2D eigenvalue weighted by molar-refractivity contribution is -1.09. The van der Waals surface area contributed by atoms with Crippen molar-refractivity contribution >= 4 is 23.5 Å². The summed E-state index contributed by atoms with van der Waals surface area (Å²) in [6, 6.07) is -0.154. The van der Waals surface area contributed by atoms with E-state index in [1.54, 1.807) is 0 Å². The Kier molecular flexibility index (Phi) is 6.93. The number of allylic oxidation sites excluding steroid dienone is 3. The maximum absolute atomic E-state index is 13.3. The number of carbonyl (C=O) groups is 2. The second kappa shape index (κ2) is 9.39. The van der Waals surface area contributed by atoms with Crippen LogP contribution in [-0.4, -0.2) is 75.0 Å². The molecule has 2 heterocycles. The summed E-state index contributed by atoms with van der Waals surface area (Å²) in [5, 5.41) is 39.2. The second-order valence-electron chi connectivity index (χ2n) is 12.7. The van der Waals surface area contributed by atoms with Gasteiger partial charge < -0.3 is 24.9 Å². The first-order chi connectivity index (χ1) is 18.2. The maximum atomic E-state index is 13.3. The van der Waals surface area contributed by atoms with Crippen LogP contribution in [-0.2, 0) is 19.2 Å². The number of rotatable bonds is 4. The molecule has 1 saturated carbocycles. The lowest BCUT2D eigenvalue weighted by Gasteiger charge is -2.56. The molecule has 2 aliphatic heterocycles. The number of aliphatic carboxylic acids is 1. The number of quaternary nitrogens is 1. The van der Waals surface area contributed by atoms with E-state index in [0.717, 1.165) is 26.2 Å². The molecule has 0 amide bonds. The summed E-state index contributed by atoms with van der Waals surface area (Å²) in [5.41, 5.74) is -4.67. The van der Waals surface area contributed by atoms with Crippen molar-refractivity contribution in [3.63, 3.8) is 0 Å². The fourth-order valence-electron chi connectivity index (χ4n) is 8.18. The van der Waals surface area contributed by atoms with Crippen LogP contribution in [0.5, 0.6) is 0 Å². The van der Waals surface area contributed by atoms with E-state index < -0.39 is 46.9 Å². The minimum Gasteiger partial charge on any atom is -0.544 e. The third kappa shape index (κ3) is 3.77. The molecule has 0 spiro atoms. The summed E-state index contributed by atoms with van der Waals surface area (Å²) in [4.78, 5) is 33.9. The first-order valence-corrected chi connectivity index (χ1v) is 14.4. The summed E-state index contributed by atoms with van der Waals surface area (Å²) in [7, 11) is 3.32. The fourth-order valence-corrected chi connectivity index (χ4v) is 8.69. The van der Waals surface area contributed by atoms with Gasteiger partial charge in [-0.2, -0.15) is 4.84 Å². The normalized spacial score (nSPS) is 45.9. The third-order valence-electron chi connectivity index (χ3n) is 10.2. The third-order valence-corrected chi connectivity index (χ3v) is 10.5. The SMILES string of the molecule is CC(=O)O[C@]1(C(=O)[O-])[C@@H](C2CC=C[C@@H]3CCCC[C@]23O)[C@@]2(O)C3=C[C@@H](C)CC(Cl)=C3[N@+](C)(C(C)C)O[C@H]2N1C. The summed E-state index contributed by atoms with van der Waals surface area (Å²) < 4.78 is 5.64. The smallest absolute Gasteiger partial charge is 0.304 e. The van der Waals surface area contributed by atoms with E-state index in [0.29, 0.717) is 35.6 Å². The van der Waals surface area contributed by atoms with Gasteiger partial charge in [0, 0.05) is 18.8 Å². The molecule has 5 aliphatic rings. The van der Waals surface area contributed by atoms with E-state index in [2.05, 4.69) is 0 Å². The molecule has 0 radical (unpaired) electrons. The Morgan fingerprint density at radius 3 is 2.62 bits per heavy atom. The molecule has 5 rings (SSSR count). The molecule has 0 aromatic carbocycles. The Labute approximate surface area is 235 Å². The van der Waals surface area contributed by atoms with E-state index >= 15 is 0 Å². The van der Waals surface area contributed by atoms with Crippen LogP contribution in [0.2, 0.25) is 0 Å². The monoisotopic (exact) mass is 564 g/mol. The number of fused-ring (bicyclic) bond motifs is 4. The van der Waals surface area contributed by atoms with Crippen LogP contribution in [0.15, 0.2) is 34.5 Å². The number of carboxylic acids is 1. The molecule has 0 aromatic heterocycles. The molecule has 1 unspecified atom stereocenters. The highest BCUT2D eigenvalue weighted by Crippen LogP contribution is 2.63. The summed E-state index contributed by atoms with van der Waals surface area (Å²) in [5.74, 6) is -4.86. The van der Waals surface area contributed by atoms with Crippen molar-refractivity contribution in [1.29, 1.82) is 0 Å². The Morgan fingerprint density at radius 2 is 2.00 bits per heavy atom. The number of esters is 1. The van der Waals surface area contributed by atoms with Crippen LogP contribution in [0.25, 0.3) is 0 Å². The minimum atomic E-state index is -2.41. The van der Waals surface area contributed by atoms with Crippen LogP contribution in [0.4, 0.5) is 0 Å². The molecule has 2 saturated heterocycles. The lowest BCUT2D eigenvalue weighted by atomic mass is 9.56. The first-order valence-electron chi connectivity index (χ1n) is 14.1. The Bertz CT molecular complexity index is 1170. The summed E-state index contributed by atoms with van der Waals surface area (Å²) >= 11 is 6.94. The van der Waals surface area contributed by atoms with E-state index in [9.17, 15) is 24.9 Å². The molecular formula is C29H41ClN2O7. The largest absolute Gasteiger partial charge is 0.544 e. The zero-order valence-electron chi connectivity index (χ0n) is 23.6. The van der Waals surface area contributed by atoms with Gasteiger partial charge in [-0.1, -0.05) is 49.6 Å². The van der Waals surface area contributed by atoms with Crippen molar-refractivity contribution in [2.24, 2.45) is 23.7 Å². The van der Waals surface area contributed by atoms with Crippen molar-refractivity contribution < 1.29 is 39.1 Å². The van der Waals surface area contributed by atoms with E-state index in [1.807, 2.05) is 46.0 Å². The highest BCUT2D eigenvalue weighted by Gasteiger charge is 2.79. The van der Waals surface area contributed by atoms with E-state index in [1.165, 1.54) is 11.9 Å². The molecule has 0 bridgehead atoms. The minimum absolute atomic E-state index is 0.0472. The highest BCUT2D eigenvalue weighted by molar-refractivity contribution is 6.30. The average molecular weight is 565 g/mol. The van der Waals surface area contributed by atoms with Gasteiger partial charge in [0.25, 0.3) is 0 Å². The molecule has 3 aliphatic carbocycles. The molecule has 2 N–H and O–H groups in total. The standard InChI is InChI=1S/C29H41ClN2O7/c1-16(2)32(6)23-21(14-17(3)15-22(23)30)28(37)24(20-12-9-11-19-10-7-8-13-27(19,20)36)29(26(34)35,38-18(4)33)31(5)25(28)39-32/h9,11,14,16-17,19-20,24-25,36-37H,7-8,10,12-13,15H2,1-6H3/t17-,19+,20?,24+,25-,27-,28+,29+,32+/m1/s1. The van der Waals surface area contributed by atoms with Gasteiger partial charge in [-0.3, -0.25) is 4.79 Å². The number of hydrogen-bond donors (Lipinski definition) is 2. The Morgan fingerprint density at radius 1 is 1.31 bits per heavy atom. The zero-order valence-corrected chi connectivity index (χ0v) is 24.4. The van der Waals surface area contributed by atoms with Gasteiger partial charge in [0.1, 0.15) is 24.7 Å². The molecule has 3 fully saturated rings. The number of hydrogen-bond acceptors (Lipinski definition) is 8. The number of ether oxygens (including phenoxy) is 1. The van der Waals surface area contributed by atoms with E-state index in [4.69, 9.17) is 21.2 Å². The van der Waals surface area contributed by atoms with Crippen molar-refractivity contribution in [2.45, 2.75) is 95.4 Å². The van der Waals surface area contributed by atoms with Gasteiger partial charge >= 0.3 is 5.97 Å². The van der Waals surface area contributed by atoms with Gasteiger partial charge in [-0.05, 0) is 52.5 Å². The van der Waals surface area contributed by atoms with Crippen LogP contribution >= 0.6 is 11.6 Å². The first kappa shape index (κ1) is 28.8. The van der Waals surface area contributed by atoms with Crippen molar-refractivity contribution in [3.05, 3.63) is 34.5 Å². The van der Waals surface area contributed by atoms with Crippen LogP contribution in [0, 0.1) is 23.7 Å². The lowest BCUT2D eigenvalue weighted by Crippen LogP contribution is -2.68. The highest BCUT2D eigenvalue weighted by atomic mass is 35.5. The van der Waals surface area contributed by atoms with Crippen molar-refractivity contribution in [1.82, 2.24) is 4.90 Å². The van der Waals surface area contributed by atoms with Crippen LogP contribution in [0.1, 0.15) is 66.2 Å². The quantitative estimate of drug-likeness (QED) is 0.303. The van der Waals surface area contributed by atoms with Crippen LogP contribution < -0.4 is 5.11 Å². The number of halogens is 1. The molecule has 39 heavy (non-hydrogen) atoms. The van der Waals surface area contributed by atoms with Gasteiger partial charge in [0.15, 0.2) is 5.70 Å². The predicted octanol–water partition coefficient (Wildman–Crippen LogP) is 2.33. The zero-order chi connectivity index (χ0) is 28.7. The number of carbonyl (C=O) groups excluding carboxylic acids is 2. The second-order valence-corrected chi connectivity index (χ2v) is 13.1. The average Bonchev–Trinajstić information content (AvgIpc) is 3.02. The summed E-state index contributed by atoms with van der Waals surface area (Å²) in [6.07, 6.45) is 8.37. The number of likely N-dealkylation sites (tertiary alicyclic amines) is 1. The fraction of sp³-hybridized carbons (Fsp3) is 0.724. The molecular weight excluding hydrogens is 524 g/mol. The molecule has 0 aromatic rings. The summed E-state index contributed by atoms with van der Waals surface area (Å²) in [6.45, 7) is 7.05. The number of nitrogens with zero attached hydrogens (tertiary/aromatic N) is 2. The predicted molar refractivity (Wildman–Crippen MR) is 141 cm³/mol. The Balaban J connectivity index is 1.83. The van der Waals surface area contributed by atoms with Crippen molar-refractivity contribution in [2.75, 3.05) is 14.1 Å². The van der Waals surface area contributed by atoms with Gasteiger partial charge in [-0.25, -0.2) is 4.90 Å².